The monoisotopic (exact) mass is 507 g/mol. The third-order valence-corrected chi connectivity index (χ3v) is 2.98. The molecule has 0 bridgehead atoms. The molecular weight excluding hydrogens is 489 g/mol. The second-order valence-electron chi connectivity index (χ2n) is 5.01. The molecule has 1 atom stereocenters. The summed E-state index contributed by atoms with van der Waals surface area (Å²) >= 11 is 0. The molecule has 1 radical (unpaired) electrons. The van der Waals surface area contributed by atoms with E-state index in [1.165, 1.54) is 6.92 Å². The quantitative estimate of drug-likeness (QED) is 0.355. The van der Waals surface area contributed by atoms with E-state index in [1.807, 2.05) is 30.3 Å². The summed E-state index contributed by atoms with van der Waals surface area (Å²) in [6, 6.07) is 14.1. The third kappa shape index (κ3) is 6.60. The number of rotatable bonds is 7. The van der Waals surface area contributed by atoms with Crippen LogP contribution in [0.2, 0.25) is 0 Å². The number of aliphatic hydroxyl groups excluding tert-OH is 1. The van der Waals surface area contributed by atoms with Gasteiger partial charge in [0.05, 0.1) is 6.08 Å². The molecule has 0 saturated heterocycles. The molecule has 1 unspecified atom stereocenters. The molecule has 1 aromatic carbocycles. The van der Waals surface area contributed by atoms with E-state index >= 15 is 0 Å². The van der Waals surface area contributed by atoms with Crippen LogP contribution in [0.5, 0.6) is 0 Å². The fourth-order valence-corrected chi connectivity index (χ4v) is 2.00. The number of nitrogens with zero attached hydrogens (tertiary/aromatic N) is 1. The summed E-state index contributed by atoms with van der Waals surface area (Å²) in [4.78, 5) is 15.0. The molecule has 6 heteroatoms. The molecule has 129 valence electrons. The van der Waals surface area contributed by atoms with Crippen molar-refractivity contribution in [2.24, 2.45) is 0 Å². The summed E-state index contributed by atoms with van der Waals surface area (Å²) in [5.41, 5.74) is 2.23. The van der Waals surface area contributed by atoms with Crippen LogP contribution in [0.15, 0.2) is 54.6 Å². The molecule has 0 fully saturated rings. The van der Waals surface area contributed by atoms with Gasteiger partial charge in [-0.25, -0.2) is 4.39 Å². The first kappa shape index (κ1) is 20.0. The molecule has 4 nitrogen and oxygen atoms in total. The zero-order valence-corrected chi connectivity index (χ0v) is 15.4. The number of carbonyl (C=O) groups is 1. The Bertz CT molecular complexity index is 692. The van der Waals surface area contributed by atoms with E-state index in [2.05, 4.69) is 11.1 Å². The van der Waals surface area contributed by atoms with Crippen LogP contribution >= 0.6 is 0 Å². The second-order valence-corrected chi connectivity index (χ2v) is 5.01. The molecule has 0 spiro atoms. The Morgan fingerprint density at radius 3 is 2.83 bits per heavy atom. The zero-order valence-electron chi connectivity index (χ0n) is 13.0. The Morgan fingerprint density at radius 2 is 2.17 bits per heavy atom. The van der Waals surface area contributed by atoms with E-state index in [0.29, 0.717) is 5.56 Å². The molecule has 1 N–H and O–H groups in total. The van der Waals surface area contributed by atoms with Gasteiger partial charge in [0.2, 0.25) is 0 Å². The average Bonchev–Trinajstić information content (AvgIpc) is 2.53. The maximum atomic E-state index is 13.9. The number of ketones is 1. The maximum Gasteiger partial charge on any atom is 0.280 e. The van der Waals surface area contributed by atoms with E-state index in [-0.39, 0.29) is 38.9 Å². The first-order chi connectivity index (χ1) is 11.0. The third-order valence-electron chi connectivity index (χ3n) is 2.98. The van der Waals surface area contributed by atoms with Crippen LogP contribution in [0.3, 0.4) is 0 Å². The normalized spacial score (nSPS) is 12.2. The second kappa shape index (κ2) is 9.96. The molecular formula is C18H17FIrNO3-. The Hall–Kier alpha value is -2.04. The van der Waals surface area contributed by atoms with Gasteiger partial charge in [-0.3, -0.25) is 4.79 Å². The van der Waals surface area contributed by atoms with Gasteiger partial charge in [0, 0.05) is 26.3 Å². The van der Waals surface area contributed by atoms with E-state index < -0.39 is 12.1 Å². The molecule has 1 aromatic heterocycles. The molecule has 0 aliphatic heterocycles. The van der Waals surface area contributed by atoms with Gasteiger partial charge in [-0.2, -0.15) is 0 Å². The zero-order chi connectivity index (χ0) is 16.7. The largest absolute Gasteiger partial charge is 0.481 e. The summed E-state index contributed by atoms with van der Waals surface area (Å²) in [5, 5.41) is 9.26. The number of alkyl halides is 1. The summed E-state index contributed by atoms with van der Waals surface area (Å²) in [6.45, 7) is 0.932. The van der Waals surface area contributed by atoms with Crippen LogP contribution < -0.4 is 0 Å². The number of pyridine rings is 1. The van der Waals surface area contributed by atoms with Gasteiger partial charge in [0.15, 0.2) is 5.78 Å². The minimum absolute atomic E-state index is 0. The van der Waals surface area contributed by atoms with Crippen LogP contribution in [0.4, 0.5) is 4.39 Å². The number of benzene rings is 1. The molecule has 24 heavy (non-hydrogen) atoms. The van der Waals surface area contributed by atoms with Crippen molar-refractivity contribution in [3.63, 3.8) is 0 Å². The molecule has 2 aromatic rings. The SMILES string of the molecule is CC(=O)C=C(O)OCC(F)Cc1[c-]c(-c2ccccn2)ccc1.[Ir]. The van der Waals surface area contributed by atoms with Crippen molar-refractivity contribution < 1.29 is 39.1 Å². The van der Waals surface area contributed by atoms with Crippen LogP contribution in [0.1, 0.15) is 12.5 Å². The van der Waals surface area contributed by atoms with Gasteiger partial charge >= 0.3 is 0 Å². The Kier molecular flexibility index (Phi) is 8.30. The minimum atomic E-state index is -1.33. The van der Waals surface area contributed by atoms with Gasteiger partial charge in [-0.15, -0.1) is 35.4 Å². The Morgan fingerprint density at radius 1 is 1.38 bits per heavy atom. The number of hydrogen-bond acceptors (Lipinski definition) is 4. The van der Waals surface area contributed by atoms with Gasteiger partial charge in [0.1, 0.15) is 12.8 Å². The van der Waals surface area contributed by atoms with Crippen molar-refractivity contribution in [3.05, 3.63) is 66.2 Å². The molecule has 1 heterocycles. The molecule has 2 rings (SSSR count). The van der Waals surface area contributed by atoms with Crippen LogP contribution in [0.25, 0.3) is 11.3 Å². The van der Waals surface area contributed by atoms with E-state index in [9.17, 15) is 14.3 Å². The fourth-order valence-electron chi connectivity index (χ4n) is 2.00. The number of allylic oxidation sites excluding steroid dienone is 1. The average molecular weight is 507 g/mol. The van der Waals surface area contributed by atoms with Crippen LogP contribution in [-0.2, 0) is 36.1 Å². The number of ether oxygens (including phenoxy) is 1. The van der Waals surface area contributed by atoms with Gasteiger partial charge in [0.25, 0.3) is 5.95 Å². The first-order valence-corrected chi connectivity index (χ1v) is 7.15. The predicted octanol–water partition coefficient (Wildman–Crippen LogP) is 3.43. The number of hydrogen-bond donors (Lipinski definition) is 1. The van der Waals surface area contributed by atoms with E-state index in [4.69, 9.17) is 4.74 Å². The van der Waals surface area contributed by atoms with Gasteiger partial charge in [-0.1, -0.05) is 12.1 Å². The number of halogens is 1. The maximum absolute atomic E-state index is 13.9. The van der Waals surface area contributed by atoms with Crippen molar-refractivity contribution in [3.8, 4) is 11.3 Å². The number of aliphatic hydroxyl groups is 1. The standard InChI is InChI=1S/C18H17FNO3.Ir/c1-13(21)9-18(22)23-12-16(19)11-14-5-4-6-15(10-14)17-7-2-3-8-20-17;/h2-9,16,22H,11-12H2,1H3;/q-1;. The fraction of sp³-hybridized carbons (Fsp3) is 0.222. The summed E-state index contributed by atoms with van der Waals surface area (Å²) in [6.07, 6.45) is 1.35. The van der Waals surface area contributed by atoms with E-state index in [0.717, 1.165) is 17.3 Å². The first-order valence-electron chi connectivity index (χ1n) is 7.15. The van der Waals surface area contributed by atoms with E-state index in [1.54, 1.807) is 12.3 Å². The predicted molar refractivity (Wildman–Crippen MR) is 84.5 cm³/mol. The van der Waals surface area contributed by atoms with Crippen molar-refractivity contribution in [2.45, 2.75) is 19.5 Å². The van der Waals surface area contributed by atoms with Gasteiger partial charge < -0.3 is 14.8 Å². The van der Waals surface area contributed by atoms with Crippen LogP contribution in [-0.4, -0.2) is 28.7 Å². The Balaban J connectivity index is 0.00000288. The van der Waals surface area contributed by atoms with Crippen molar-refractivity contribution in [1.82, 2.24) is 4.98 Å². The summed E-state index contributed by atoms with van der Waals surface area (Å²) in [5.74, 6) is -0.944. The number of carbonyl (C=O) groups excluding carboxylic acids is 1. The summed E-state index contributed by atoms with van der Waals surface area (Å²) in [7, 11) is 0. The summed E-state index contributed by atoms with van der Waals surface area (Å²) < 4.78 is 18.7. The van der Waals surface area contributed by atoms with Crippen molar-refractivity contribution in [1.29, 1.82) is 0 Å². The molecule has 0 aliphatic rings. The smallest absolute Gasteiger partial charge is 0.280 e. The number of aromatic nitrogens is 1. The molecule has 0 saturated carbocycles. The molecule has 0 aliphatic carbocycles. The minimum Gasteiger partial charge on any atom is -0.481 e. The Labute approximate surface area is 153 Å². The van der Waals surface area contributed by atoms with Gasteiger partial charge in [-0.05, 0) is 25.1 Å². The van der Waals surface area contributed by atoms with Crippen LogP contribution in [0, 0.1) is 6.07 Å². The topological polar surface area (TPSA) is 59.4 Å². The van der Waals surface area contributed by atoms with Crippen molar-refractivity contribution >= 4 is 5.78 Å². The van der Waals surface area contributed by atoms with Crippen molar-refractivity contribution in [2.75, 3.05) is 6.61 Å². The molecule has 0 amide bonds.